The van der Waals surface area contributed by atoms with Crippen molar-refractivity contribution in [2.45, 2.75) is 29.6 Å². The van der Waals surface area contributed by atoms with E-state index >= 15 is 0 Å². The summed E-state index contributed by atoms with van der Waals surface area (Å²) >= 11 is 5.94. The van der Waals surface area contributed by atoms with Gasteiger partial charge in [-0.2, -0.15) is 0 Å². The third-order valence-electron chi connectivity index (χ3n) is 4.32. The van der Waals surface area contributed by atoms with Crippen LogP contribution < -0.4 is 9.44 Å². The minimum Gasteiger partial charge on any atom is -0.280 e. The number of anilines is 1. The smallest absolute Gasteiger partial charge is 0.275 e. The number of aliphatic imine (C=N–C) groups is 1. The van der Waals surface area contributed by atoms with Crippen molar-refractivity contribution >= 4 is 48.9 Å². The van der Waals surface area contributed by atoms with Gasteiger partial charge in [0.25, 0.3) is 25.7 Å². The summed E-state index contributed by atoms with van der Waals surface area (Å²) in [4.78, 5) is 13.9. The molecule has 0 spiro atoms. The van der Waals surface area contributed by atoms with Crippen LogP contribution >= 0.6 is 11.6 Å². The van der Waals surface area contributed by atoms with Crippen molar-refractivity contribution in [1.29, 1.82) is 0 Å². The summed E-state index contributed by atoms with van der Waals surface area (Å²) in [6.45, 7) is 1.95. The van der Waals surface area contributed by atoms with Gasteiger partial charge in [0, 0.05) is 24.6 Å². The zero-order chi connectivity index (χ0) is 22.1. The molecule has 2 aromatic carbocycles. The normalized spacial score (nSPS) is 14.3. The number of hydrogen-bond acceptors (Lipinski definition) is 7. The van der Waals surface area contributed by atoms with Crippen molar-refractivity contribution in [3.63, 3.8) is 0 Å². The first kappa shape index (κ1) is 22.0. The molecule has 0 atom stereocenters. The summed E-state index contributed by atoms with van der Waals surface area (Å²) in [5, 5.41) is 11.1. The van der Waals surface area contributed by atoms with Gasteiger partial charge in [-0.25, -0.2) is 16.8 Å². The first-order valence-corrected chi connectivity index (χ1v) is 12.0. The molecule has 0 bridgehead atoms. The highest BCUT2D eigenvalue weighted by Gasteiger charge is 2.24. The molecular weight excluding hydrogens is 456 g/mol. The third-order valence-corrected chi connectivity index (χ3v) is 7.45. The Morgan fingerprint density at radius 3 is 2.40 bits per heavy atom. The largest absolute Gasteiger partial charge is 0.280 e. The van der Waals surface area contributed by atoms with E-state index in [1.54, 1.807) is 0 Å². The Morgan fingerprint density at radius 2 is 1.77 bits per heavy atom. The maximum absolute atomic E-state index is 12.7. The van der Waals surface area contributed by atoms with Crippen molar-refractivity contribution in [3.8, 4) is 0 Å². The first-order valence-electron chi connectivity index (χ1n) is 8.63. The summed E-state index contributed by atoms with van der Waals surface area (Å²) in [5.41, 5.74) is -0.346. The van der Waals surface area contributed by atoms with E-state index in [0.717, 1.165) is 24.6 Å². The standard InChI is InChI=1S/C17H17ClN4O6S2/c1-11-15(18)9-14(10-16(11)22(23)24)30(27,28)20-12-4-2-5-13(8-12)29(25,26)21-17-6-3-7-19-17/h2,4-5,8-10,20H,3,6-7H2,1H3,(H,19,21). The fraction of sp³-hybridized carbons (Fsp3) is 0.235. The molecule has 1 heterocycles. The molecule has 0 saturated heterocycles. The Labute approximate surface area is 178 Å². The molecule has 3 rings (SSSR count). The fourth-order valence-electron chi connectivity index (χ4n) is 2.76. The predicted octanol–water partition coefficient (Wildman–Crippen LogP) is 2.83. The molecule has 13 heteroatoms. The molecule has 2 N–H and O–H groups in total. The summed E-state index contributed by atoms with van der Waals surface area (Å²) in [7, 11) is -8.21. The number of rotatable bonds is 6. The zero-order valence-corrected chi connectivity index (χ0v) is 18.0. The van der Waals surface area contributed by atoms with Crippen molar-refractivity contribution < 1.29 is 21.8 Å². The Morgan fingerprint density at radius 1 is 1.07 bits per heavy atom. The van der Waals surface area contributed by atoms with Gasteiger partial charge in [0.15, 0.2) is 0 Å². The van der Waals surface area contributed by atoms with Gasteiger partial charge >= 0.3 is 0 Å². The average Bonchev–Trinajstić information content (AvgIpc) is 3.15. The Hall–Kier alpha value is -2.70. The SMILES string of the molecule is Cc1c(Cl)cc(S(=O)(=O)Nc2cccc(S(=O)(=O)NC3=NCCC3)c2)cc1[N+](=O)[O-]. The van der Waals surface area contributed by atoms with Crippen LogP contribution in [0.2, 0.25) is 5.02 Å². The van der Waals surface area contributed by atoms with Crippen molar-refractivity contribution in [2.24, 2.45) is 4.99 Å². The number of hydrogen-bond donors (Lipinski definition) is 2. The second kappa shape index (κ2) is 8.20. The highest BCUT2D eigenvalue weighted by molar-refractivity contribution is 7.92. The number of sulfonamides is 2. The van der Waals surface area contributed by atoms with Gasteiger partial charge in [-0.1, -0.05) is 17.7 Å². The van der Waals surface area contributed by atoms with Crippen molar-refractivity contribution in [1.82, 2.24) is 4.72 Å². The maximum Gasteiger partial charge on any atom is 0.275 e. The molecule has 0 aromatic heterocycles. The molecule has 160 valence electrons. The van der Waals surface area contributed by atoms with Crippen LogP contribution in [0.3, 0.4) is 0 Å². The summed E-state index contributed by atoms with van der Waals surface area (Å²) in [5.74, 6) is 0.350. The van der Waals surface area contributed by atoms with Crippen LogP contribution in [0.25, 0.3) is 0 Å². The van der Waals surface area contributed by atoms with Gasteiger partial charge in [-0.15, -0.1) is 0 Å². The number of nitro benzene ring substituents is 1. The van der Waals surface area contributed by atoms with E-state index in [2.05, 4.69) is 14.4 Å². The van der Waals surface area contributed by atoms with Crippen LogP contribution in [0.5, 0.6) is 0 Å². The molecule has 0 radical (unpaired) electrons. The monoisotopic (exact) mass is 472 g/mol. The van der Waals surface area contributed by atoms with E-state index in [1.807, 2.05) is 0 Å². The Balaban J connectivity index is 1.91. The van der Waals surface area contributed by atoms with Gasteiger partial charge < -0.3 is 0 Å². The van der Waals surface area contributed by atoms with Crippen LogP contribution in [0.1, 0.15) is 18.4 Å². The lowest BCUT2D eigenvalue weighted by Crippen LogP contribution is -2.29. The number of amidine groups is 1. The molecule has 10 nitrogen and oxygen atoms in total. The minimum absolute atomic E-state index is 0.0365. The van der Waals surface area contributed by atoms with Gasteiger partial charge in [0.05, 0.1) is 25.4 Å². The molecule has 1 aliphatic rings. The average molecular weight is 473 g/mol. The molecule has 0 unspecified atom stereocenters. The molecule has 0 saturated carbocycles. The van der Waals surface area contributed by atoms with Gasteiger partial charge in [-0.3, -0.25) is 24.6 Å². The van der Waals surface area contributed by atoms with Crippen molar-refractivity contribution in [2.75, 3.05) is 11.3 Å². The van der Waals surface area contributed by atoms with Gasteiger partial charge in [0.2, 0.25) is 0 Å². The third kappa shape index (κ3) is 4.71. The predicted molar refractivity (Wildman–Crippen MR) is 112 cm³/mol. The fourth-order valence-corrected chi connectivity index (χ4v) is 5.27. The van der Waals surface area contributed by atoms with E-state index in [1.165, 1.54) is 25.1 Å². The van der Waals surface area contributed by atoms with Crippen LogP contribution in [0.15, 0.2) is 51.2 Å². The summed E-state index contributed by atoms with van der Waals surface area (Å²) in [6, 6.07) is 7.15. The van der Waals surface area contributed by atoms with E-state index in [0.29, 0.717) is 18.8 Å². The maximum atomic E-state index is 12.7. The second-order valence-electron chi connectivity index (χ2n) is 6.48. The topological polar surface area (TPSA) is 148 Å². The molecule has 1 aliphatic heterocycles. The minimum atomic E-state index is -4.27. The number of halogens is 1. The van der Waals surface area contributed by atoms with Crippen LogP contribution in [-0.4, -0.2) is 34.1 Å². The number of nitro groups is 1. The zero-order valence-electron chi connectivity index (χ0n) is 15.6. The lowest BCUT2D eigenvalue weighted by molar-refractivity contribution is -0.385. The molecule has 2 aromatic rings. The Bertz CT molecular complexity index is 1260. The molecule has 0 fully saturated rings. The second-order valence-corrected chi connectivity index (χ2v) is 10.2. The van der Waals surface area contributed by atoms with E-state index < -0.39 is 35.6 Å². The van der Waals surface area contributed by atoms with Crippen LogP contribution in [0.4, 0.5) is 11.4 Å². The van der Waals surface area contributed by atoms with E-state index in [-0.39, 0.29) is 21.2 Å². The quantitative estimate of drug-likeness (QED) is 0.487. The van der Waals surface area contributed by atoms with Gasteiger partial charge in [0.1, 0.15) is 5.84 Å². The first-order chi connectivity index (χ1) is 14.0. The van der Waals surface area contributed by atoms with E-state index in [4.69, 9.17) is 11.6 Å². The van der Waals surface area contributed by atoms with Crippen LogP contribution in [0, 0.1) is 17.0 Å². The highest BCUT2D eigenvalue weighted by atomic mass is 35.5. The lowest BCUT2D eigenvalue weighted by atomic mass is 10.2. The molecular formula is C17H17ClN4O6S2. The van der Waals surface area contributed by atoms with E-state index in [9.17, 15) is 26.9 Å². The number of nitrogens with zero attached hydrogens (tertiary/aromatic N) is 2. The number of benzene rings is 2. The van der Waals surface area contributed by atoms with Crippen molar-refractivity contribution in [3.05, 3.63) is 57.1 Å². The Kier molecular flexibility index (Phi) is 6.01. The lowest BCUT2D eigenvalue weighted by Gasteiger charge is -2.12. The van der Waals surface area contributed by atoms with Crippen LogP contribution in [-0.2, 0) is 20.0 Å². The molecule has 0 aliphatic carbocycles. The molecule has 0 amide bonds. The number of nitrogens with one attached hydrogen (secondary N) is 2. The summed E-state index contributed by atoms with van der Waals surface area (Å²) < 4.78 is 55.0. The highest BCUT2D eigenvalue weighted by Crippen LogP contribution is 2.30. The summed E-state index contributed by atoms with van der Waals surface area (Å²) in [6.07, 6.45) is 1.27. The molecule has 30 heavy (non-hydrogen) atoms. The van der Waals surface area contributed by atoms with Gasteiger partial charge in [-0.05, 0) is 37.6 Å².